The summed E-state index contributed by atoms with van der Waals surface area (Å²) < 4.78 is 1.93. The Labute approximate surface area is 163 Å². The van der Waals surface area contributed by atoms with Crippen molar-refractivity contribution in [2.45, 2.75) is 39.1 Å². The molecular formula is C19H25ClN4O3. The van der Waals surface area contributed by atoms with Crippen LogP contribution in [0.2, 0.25) is 5.02 Å². The van der Waals surface area contributed by atoms with Gasteiger partial charge in [-0.05, 0) is 30.5 Å². The van der Waals surface area contributed by atoms with Crippen LogP contribution in [-0.2, 0) is 13.0 Å². The summed E-state index contributed by atoms with van der Waals surface area (Å²) in [4.78, 5) is 20.8. The summed E-state index contributed by atoms with van der Waals surface area (Å²) in [6, 6.07) is 7.51. The minimum atomic E-state index is -1.09. The number of aliphatic hydroxyl groups is 2. The molecule has 1 aromatic heterocycles. The van der Waals surface area contributed by atoms with Crippen LogP contribution in [0, 0.1) is 0 Å². The smallest absolute Gasteiger partial charge is 0.277 e. The molecule has 1 aliphatic heterocycles. The van der Waals surface area contributed by atoms with Gasteiger partial charge in [0.1, 0.15) is 5.82 Å². The summed E-state index contributed by atoms with van der Waals surface area (Å²) in [6.07, 6.45) is 0.934. The topological polar surface area (TPSA) is 81.8 Å². The third-order valence-electron chi connectivity index (χ3n) is 4.74. The summed E-state index contributed by atoms with van der Waals surface area (Å²) in [7, 11) is 1.72. The number of aromatic nitrogens is 2. The lowest BCUT2D eigenvalue weighted by atomic mass is 10.2. The summed E-state index contributed by atoms with van der Waals surface area (Å²) in [5.74, 6) is 1.03. The monoisotopic (exact) mass is 392 g/mol. The van der Waals surface area contributed by atoms with E-state index >= 15 is 0 Å². The molecule has 3 rings (SSSR count). The zero-order valence-electron chi connectivity index (χ0n) is 15.6. The highest BCUT2D eigenvalue weighted by molar-refractivity contribution is 6.30. The largest absolute Gasteiger partial charge is 0.396 e. The van der Waals surface area contributed by atoms with Crippen LogP contribution in [0.3, 0.4) is 0 Å². The number of fused-ring (bicyclic) bond motifs is 1. The Bertz CT molecular complexity index is 806. The number of hydrogen-bond acceptors (Lipinski definition) is 5. The van der Waals surface area contributed by atoms with Crippen molar-refractivity contribution in [3.8, 4) is 0 Å². The first-order valence-electron chi connectivity index (χ1n) is 9.14. The Balaban J connectivity index is 2.04. The molecule has 0 saturated heterocycles. The van der Waals surface area contributed by atoms with Gasteiger partial charge in [0.2, 0.25) is 6.35 Å². The number of anilines is 1. The van der Waals surface area contributed by atoms with Gasteiger partial charge in [-0.1, -0.05) is 30.7 Å². The van der Waals surface area contributed by atoms with Crippen molar-refractivity contribution in [3.05, 3.63) is 46.4 Å². The van der Waals surface area contributed by atoms with Gasteiger partial charge in [0.25, 0.3) is 5.91 Å². The molecule has 0 saturated carbocycles. The molecule has 2 N–H and O–H groups in total. The number of amides is 1. The minimum Gasteiger partial charge on any atom is -0.396 e. The van der Waals surface area contributed by atoms with Gasteiger partial charge in [-0.25, -0.2) is 4.98 Å². The van der Waals surface area contributed by atoms with Crippen molar-refractivity contribution in [3.63, 3.8) is 0 Å². The molecule has 27 heavy (non-hydrogen) atoms. The van der Waals surface area contributed by atoms with E-state index < -0.39 is 6.35 Å². The number of carbonyl (C=O) groups excluding carboxylic acids is 1. The minimum absolute atomic E-state index is 0.0435. The van der Waals surface area contributed by atoms with Crippen molar-refractivity contribution in [2.24, 2.45) is 0 Å². The van der Waals surface area contributed by atoms with Crippen molar-refractivity contribution in [2.75, 3.05) is 25.1 Å². The zero-order valence-corrected chi connectivity index (χ0v) is 16.4. The van der Waals surface area contributed by atoms with Gasteiger partial charge in [0.05, 0.1) is 0 Å². The number of carbonyl (C=O) groups is 1. The second-order valence-corrected chi connectivity index (χ2v) is 7.13. The Hall–Kier alpha value is -2.09. The van der Waals surface area contributed by atoms with Gasteiger partial charge < -0.3 is 19.7 Å². The lowest BCUT2D eigenvalue weighted by molar-refractivity contribution is 0.00113. The molecule has 2 aromatic rings. The van der Waals surface area contributed by atoms with Gasteiger partial charge in [-0.3, -0.25) is 9.69 Å². The molecule has 1 atom stereocenters. The molecule has 1 aromatic carbocycles. The highest BCUT2D eigenvalue weighted by Crippen LogP contribution is 2.31. The van der Waals surface area contributed by atoms with E-state index in [1.165, 1.54) is 4.90 Å². The van der Waals surface area contributed by atoms with Gasteiger partial charge in [0, 0.05) is 38.2 Å². The fourth-order valence-electron chi connectivity index (χ4n) is 3.32. The number of nitrogens with zero attached hydrogens (tertiary/aromatic N) is 4. The van der Waals surface area contributed by atoms with Crippen LogP contribution in [0.5, 0.6) is 0 Å². The predicted octanol–water partition coefficient (Wildman–Crippen LogP) is 2.09. The SMILES string of the molecule is CCCc1nc2c(n1Cc1ccc(Cl)cc1)C(=O)N(CCCO)C(O)N2C. The van der Waals surface area contributed by atoms with Crippen molar-refractivity contribution >= 4 is 23.3 Å². The van der Waals surface area contributed by atoms with Crippen LogP contribution < -0.4 is 4.90 Å². The fourth-order valence-corrected chi connectivity index (χ4v) is 3.44. The summed E-state index contributed by atoms with van der Waals surface area (Å²) >= 11 is 5.98. The number of halogens is 1. The average molecular weight is 393 g/mol. The van der Waals surface area contributed by atoms with Crippen LogP contribution in [0.25, 0.3) is 0 Å². The molecule has 7 nitrogen and oxygen atoms in total. The molecule has 0 bridgehead atoms. The molecule has 0 spiro atoms. The first-order valence-corrected chi connectivity index (χ1v) is 9.52. The quantitative estimate of drug-likeness (QED) is 0.754. The number of rotatable bonds is 7. The normalized spacial score (nSPS) is 16.8. The maximum atomic E-state index is 13.1. The number of aryl methyl sites for hydroxylation is 1. The van der Waals surface area contributed by atoms with Crippen LogP contribution in [0.1, 0.15) is 41.6 Å². The Morgan fingerprint density at radius 3 is 2.59 bits per heavy atom. The van der Waals surface area contributed by atoms with E-state index in [4.69, 9.17) is 16.7 Å². The molecule has 2 heterocycles. The molecule has 1 unspecified atom stereocenters. The van der Waals surface area contributed by atoms with E-state index in [9.17, 15) is 9.90 Å². The van der Waals surface area contributed by atoms with Gasteiger partial charge in [0.15, 0.2) is 11.5 Å². The molecule has 0 aliphatic carbocycles. The summed E-state index contributed by atoms with van der Waals surface area (Å²) in [5.41, 5.74) is 1.49. The number of benzene rings is 1. The van der Waals surface area contributed by atoms with E-state index in [0.29, 0.717) is 29.5 Å². The molecule has 146 valence electrons. The third kappa shape index (κ3) is 3.81. The van der Waals surface area contributed by atoms with E-state index in [2.05, 4.69) is 11.9 Å². The number of hydrogen-bond donors (Lipinski definition) is 2. The molecular weight excluding hydrogens is 368 g/mol. The number of imidazole rings is 1. The van der Waals surface area contributed by atoms with Gasteiger partial charge in [-0.2, -0.15) is 0 Å². The Morgan fingerprint density at radius 1 is 1.26 bits per heavy atom. The molecule has 0 radical (unpaired) electrons. The number of aliphatic hydroxyl groups excluding tert-OH is 2. The van der Waals surface area contributed by atoms with Crippen molar-refractivity contribution < 1.29 is 15.0 Å². The van der Waals surface area contributed by atoms with E-state index in [1.807, 2.05) is 28.8 Å². The maximum Gasteiger partial charge on any atom is 0.277 e. The molecule has 0 fully saturated rings. The van der Waals surface area contributed by atoms with Gasteiger partial charge >= 0.3 is 0 Å². The van der Waals surface area contributed by atoms with Crippen LogP contribution >= 0.6 is 11.6 Å². The maximum absolute atomic E-state index is 13.1. The molecule has 1 amide bonds. The lowest BCUT2D eigenvalue weighted by Gasteiger charge is -2.38. The van der Waals surface area contributed by atoms with Crippen LogP contribution in [-0.4, -0.2) is 57.1 Å². The standard InChI is InChI=1S/C19H25ClN4O3/c1-3-5-15-21-17-16(24(15)12-13-6-8-14(20)9-7-13)18(26)23(10-4-11-25)19(27)22(17)2/h6-9,19,25,27H,3-5,10-12H2,1-2H3. The van der Waals surface area contributed by atoms with Gasteiger partial charge in [-0.15, -0.1) is 0 Å². The van der Waals surface area contributed by atoms with E-state index in [-0.39, 0.29) is 19.1 Å². The second-order valence-electron chi connectivity index (χ2n) is 6.70. The molecule has 8 heteroatoms. The Kier molecular flexibility index (Phi) is 6.04. The summed E-state index contributed by atoms with van der Waals surface area (Å²) in [5, 5.41) is 20.3. The van der Waals surface area contributed by atoms with Crippen LogP contribution in [0.4, 0.5) is 5.82 Å². The zero-order chi connectivity index (χ0) is 19.6. The first kappa shape index (κ1) is 19.7. The van der Waals surface area contributed by atoms with E-state index in [0.717, 1.165) is 24.2 Å². The highest BCUT2D eigenvalue weighted by Gasteiger charge is 2.39. The highest BCUT2D eigenvalue weighted by atomic mass is 35.5. The third-order valence-corrected chi connectivity index (χ3v) is 4.99. The average Bonchev–Trinajstić information content (AvgIpc) is 3.00. The Morgan fingerprint density at radius 2 is 1.96 bits per heavy atom. The second kappa shape index (κ2) is 8.29. The predicted molar refractivity (Wildman–Crippen MR) is 104 cm³/mol. The van der Waals surface area contributed by atoms with Crippen LogP contribution in [0.15, 0.2) is 24.3 Å². The van der Waals surface area contributed by atoms with Crippen molar-refractivity contribution in [1.82, 2.24) is 14.5 Å². The fraction of sp³-hybridized carbons (Fsp3) is 0.474. The van der Waals surface area contributed by atoms with E-state index in [1.54, 1.807) is 11.9 Å². The first-order chi connectivity index (χ1) is 13.0. The van der Waals surface area contributed by atoms with Crippen molar-refractivity contribution in [1.29, 1.82) is 0 Å². The summed E-state index contributed by atoms with van der Waals surface area (Å²) in [6.45, 7) is 2.79. The lowest BCUT2D eigenvalue weighted by Crippen LogP contribution is -2.54. The molecule has 1 aliphatic rings.